The van der Waals surface area contributed by atoms with Crippen molar-refractivity contribution in [3.8, 4) is 0 Å². The fourth-order valence-electron chi connectivity index (χ4n) is 0.911. The lowest BCUT2D eigenvalue weighted by atomic mass is 10.1. The average molecular weight is 206 g/mol. The maximum Gasteiger partial charge on any atom is 0.182 e. The number of carbonyl (C=O) groups excluding carboxylic acids is 1. The lowest BCUT2D eigenvalue weighted by Gasteiger charge is -2.02. The summed E-state index contributed by atoms with van der Waals surface area (Å²) in [5.41, 5.74) is 4.33. The van der Waals surface area contributed by atoms with Gasteiger partial charge >= 0.3 is 0 Å². The predicted molar refractivity (Wildman–Crippen MR) is 44.8 cm³/mol. The van der Waals surface area contributed by atoms with E-state index >= 15 is 0 Å². The first-order valence-electron chi connectivity index (χ1n) is 3.44. The molecule has 0 spiro atoms. The highest BCUT2D eigenvalue weighted by molar-refractivity contribution is 6.30. The third-order valence-electron chi connectivity index (χ3n) is 1.47. The molecular formula is C8H6ClF2NO. The first kappa shape index (κ1) is 10.1. The van der Waals surface area contributed by atoms with Crippen molar-refractivity contribution in [2.45, 2.75) is 0 Å². The Morgan fingerprint density at radius 3 is 2.23 bits per heavy atom. The second-order valence-electron chi connectivity index (χ2n) is 2.37. The highest BCUT2D eigenvalue weighted by Gasteiger charge is 2.16. The Bertz CT molecular complexity index is 331. The summed E-state index contributed by atoms with van der Waals surface area (Å²) >= 11 is 5.35. The number of nitrogens with two attached hydrogens (primary N) is 1. The highest BCUT2D eigenvalue weighted by Crippen LogP contribution is 2.18. The van der Waals surface area contributed by atoms with Gasteiger partial charge in [-0.05, 0) is 12.1 Å². The predicted octanol–water partition coefficient (Wildman–Crippen LogP) is 1.76. The molecule has 0 fully saturated rings. The number of hydrogen-bond acceptors (Lipinski definition) is 2. The Kier molecular flexibility index (Phi) is 2.95. The van der Waals surface area contributed by atoms with Crippen molar-refractivity contribution >= 4 is 17.4 Å². The minimum absolute atomic E-state index is 0.0939. The van der Waals surface area contributed by atoms with E-state index in [-0.39, 0.29) is 5.02 Å². The summed E-state index contributed by atoms with van der Waals surface area (Å²) in [6, 6.07) is 1.74. The topological polar surface area (TPSA) is 43.1 Å². The molecule has 0 aliphatic heterocycles. The molecule has 0 amide bonds. The van der Waals surface area contributed by atoms with E-state index in [2.05, 4.69) is 0 Å². The van der Waals surface area contributed by atoms with Gasteiger partial charge in [0.05, 0.1) is 12.1 Å². The van der Waals surface area contributed by atoms with Gasteiger partial charge < -0.3 is 5.73 Å². The van der Waals surface area contributed by atoms with Crippen LogP contribution in [0, 0.1) is 11.6 Å². The third kappa shape index (κ3) is 2.02. The van der Waals surface area contributed by atoms with E-state index in [0.717, 1.165) is 12.1 Å². The zero-order chi connectivity index (χ0) is 10.0. The van der Waals surface area contributed by atoms with Gasteiger partial charge in [0.1, 0.15) is 11.6 Å². The molecule has 1 aromatic carbocycles. The number of halogens is 3. The SMILES string of the molecule is NCC(=O)c1c(F)cc(Cl)cc1F. The first-order chi connectivity index (χ1) is 6.06. The molecule has 1 aromatic rings. The van der Waals surface area contributed by atoms with Crippen molar-refractivity contribution in [2.24, 2.45) is 5.73 Å². The van der Waals surface area contributed by atoms with Crippen LogP contribution in [0.5, 0.6) is 0 Å². The van der Waals surface area contributed by atoms with Crippen LogP contribution in [0.2, 0.25) is 5.02 Å². The summed E-state index contributed by atoms with van der Waals surface area (Å²) in [7, 11) is 0. The summed E-state index contributed by atoms with van der Waals surface area (Å²) in [4.78, 5) is 10.9. The van der Waals surface area contributed by atoms with Crippen LogP contribution in [-0.2, 0) is 0 Å². The fraction of sp³-hybridized carbons (Fsp3) is 0.125. The smallest absolute Gasteiger partial charge is 0.182 e. The Morgan fingerprint density at radius 1 is 1.38 bits per heavy atom. The minimum atomic E-state index is -0.986. The summed E-state index contributed by atoms with van der Waals surface area (Å²) < 4.78 is 25.9. The molecule has 5 heteroatoms. The van der Waals surface area contributed by atoms with Crippen LogP contribution in [0.1, 0.15) is 10.4 Å². The minimum Gasteiger partial charge on any atom is -0.324 e. The number of Topliss-reactive ketones (excluding diaryl/α,β-unsaturated/α-hetero) is 1. The molecule has 0 unspecified atom stereocenters. The zero-order valence-electron chi connectivity index (χ0n) is 6.48. The van der Waals surface area contributed by atoms with Gasteiger partial charge in [-0.3, -0.25) is 4.79 Å². The van der Waals surface area contributed by atoms with Crippen LogP contribution < -0.4 is 5.73 Å². The van der Waals surface area contributed by atoms with Crippen LogP contribution in [0.15, 0.2) is 12.1 Å². The van der Waals surface area contributed by atoms with E-state index in [1.807, 2.05) is 0 Å². The molecule has 13 heavy (non-hydrogen) atoms. The normalized spacial score (nSPS) is 10.2. The molecule has 0 aromatic heterocycles. The van der Waals surface area contributed by atoms with Gasteiger partial charge in [-0.25, -0.2) is 8.78 Å². The lowest BCUT2D eigenvalue weighted by molar-refractivity contribution is 0.0993. The number of benzene rings is 1. The van der Waals surface area contributed by atoms with Crippen molar-refractivity contribution in [3.05, 3.63) is 34.4 Å². The second-order valence-corrected chi connectivity index (χ2v) is 2.81. The molecular weight excluding hydrogens is 200 g/mol. The van der Waals surface area contributed by atoms with Gasteiger partial charge in [-0.2, -0.15) is 0 Å². The molecule has 0 heterocycles. The van der Waals surface area contributed by atoms with Gasteiger partial charge in [0, 0.05) is 5.02 Å². The molecule has 0 saturated heterocycles. The van der Waals surface area contributed by atoms with Gasteiger partial charge in [-0.1, -0.05) is 11.6 Å². The molecule has 2 N–H and O–H groups in total. The molecule has 0 saturated carbocycles. The van der Waals surface area contributed by atoms with E-state index in [1.54, 1.807) is 0 Å². The monoisotopic (exact) mass is 205 g/mol. The molecule has 70 valence electrons. The van der Waals surface area contributed by atoms with Crippen LogP contribution in [0.25, 0.3) is 0 Å². The molecule has 1 rings (SSSR count). The van der Waals surface area contributed by atoms with Crippen molar-refractivity contribution < 1.29 is 13.6 Å². The number of ketones is 1. The summed E-state index contributed by atoms with van der Waals surface area (Å²) in [5.74, 6) is -2.76. The summed E-state index contributed by atoms with van der Waals surface area (Å²) in [5, 5.41) is -0.0939. The second kappa shape index (κ2) is 3.81. The average Bonchev–Trinajstić information content (AvgIpc) is 2.02. The largest absolute Gasteiger partial charge is 0.324 e. The van der Waals surface area contributed by atoms with Gasteiger partial charge in [0.2, 0.25) is 0 Å². The standard InChI is InChI=1S/C8H6ClF2NO/c9-4-1-5(10)8(6(11)2-4)7(13)3-12/h1-2H,3,12H2. The van der Waals surface area contributed by atoms with Crippen molar-refractivity contribution in [3.63, 3.8) is 0 Å². The molecule has 0 aliphatic carbocycles. The van der Waals surface area contributed by atoms with Gasteiger partial charge in [-0.15, -0.1) is 0 Å². The fourth-order valence-corrected chi connectivity index (χ4v) is 1.10. The van der Waals surface area contributed by atoms with Crippen LogP contribution in [-0.4, -0.2) is 12.3 Å². The Hall–Kier alpha value is -1.00. The number of carbonyl (C=O) groups is 1. The van der Waals surface area contributed by atoms with E-state index in [4.69, 9.17) is 17.3 Å². The van der Waals surface area contributed by atoms with E-state index in [1.165, 1.54) is 0 Å². The summed E-state index contributed by atoms with van der Waals surface area (Å²) in [6.07, 6.45) is 0. The quantitative estimate of drug-likeness (QED) is 0.748. The molecule has 0 aliphatic rings. The maximum atomic E-state index is 12.9. The van der Waals surface area contributed by atoms with Crippen LogP contribution >= 0.6 is 11.6 Å². The van der Waals surface area contributed by atoms with Crippen LogP contribution in [0.4, 0.5) is 8.78 Å². The first-order valence-corrected chi connectivity index (χ1v) is 3.82. The number of rotatable bonds is 2. The van der Waals surface area contributed by atoms with Crippen molar-refractivity contribution in [1.29, 1.82) is 0 Å². The third-order valence-corrected chi connectivity index (χ3v) is 1.69. The van der Waals surface area contributed by atoms with Gasteiger partial charge in [0.25, 0.3) is 0 Å². The van der Waals surface area contributed by atoms with Crippen molar-refractivity contribution in [2.75, 3.05) is 6.54 Å². The number of hydrogen-bond donors (Lipinski definition) is 1. The molecule has 0 bridgehead atoms. The zero-order valence-corrected chi connectivity index (χ0v) is 7.24. The van der Waals surface area contributed by atoms with E-state index in [0.29, 0.717) is 0 Å². The van der Waals surface area contributed by atoms with Crippen LogP contribution in [0.3, 0.4) is 0 Å². The highest BCUT2D eigenvalue weighted by atomic mass is 35.5. The Morgan fingerprint density at radius 2 is 1.85 bits per heavy atom. The molecule has 0 radical (unpaired) electrons. The van der Waals surface area contributed by atoms with Crippen molar-refractivity contribution in [1.82, 2.24) is 0 Å². The Labute approximate surface area is 78.3 Å². The molecule has 2 nitrogen and oxygen atoms in total. The summed E-state index contributed by atoms with van der Waals surface area (Å²) in [6.45, 7) is -0.435. The lowest BCUT2D eigenvalue weighted by Crippen LogP contribution is -2.16. The van der Waals surface area contributed by atoms with E-state index < -0.39 is 29.5 Å². The maximum absolute atomic E-state index is 12.9. The Balaban J connectivity index is 3.28. The van der Waals surface area contributed by atoms with Gasteiger partial charge in [0.15, 0.2) is 5.78 Å². The molecule has 0 atom stereocenters. The van der Waals surface area contributed by atoms with E-state index in [9.17, 15) is 13.6 Å².